The number of benzene rings is 1. The number of likely N-dealkylation sites (N-methyl/N-ethyl adjacent to an activating group) is 1. The van der Waals surface area contributed by atoms with Gasteiger partial charge in [-0.3, -0.25) is 9.59 Å². The molecular formula is C17H19N5O2. The third-order valence-corrected chi connectivity index (χ3v) is 3.81. The number of para-hydroxylation sites is 1. The number of amides is 2. The summed E-state index contributed by atoms with van der Waals surface area (Å²) >= 11 is 0. The second-order valence-corrected chi connectivity index (χ2v) is 5.87. The Labute approximate surface area is 138 Å². The number of fused-ring (bicyclic) bond motifs is 3. The second-order valence-electron chi connectivity index (χ2n) is 5.87. The molecule has 0 aliphatic carbocycles. The lowest BCUT2D eigenvalue weighted by molar-refractivity contribution is 0.0946. The van der Waals surface area contributed by atoms with Crippen LogP contribution in [0.4, 0.5) is 0 Å². The fraction of sp³-hybridized carbons (Fsp3) is 0.235. The number of carbonyl (C=O) groups excluding carboxylic acids is 2. The second kappa shape index (κ2) is 6.29. The van der Waals surface area contributed by atoms with Gasteiger partial charge in [0.1, 0.15) is 5.69 Å². The number of aromatic amines is 1. The van der Waals surface area contributed by atoms with Gasteiger partial charge >= 0.3 is 0 Å². The van der Waals surface area contributed by atoms with Crippen LogP contribution in [0.25, 0.3) is 21.8 Å². The molecule has 24 heavy (non-hydrogen) atoms. The van der Waals surface area contributed by atoms with E-state index in [1.54, 1.807) is 6.07 Å². The van der Waals surface area contributed by atoms with Crippen LogP contribution in [0.2, 0.25) is 0 Å². The van der Waals surface area contributed by atoms with Crippen LogP contribution >= 0.6 is 0 Å². The Kier molecular flexibility index (Phi) is 4.18. The number of nitrogens with two attached hydrogens (primary N) is 1. The molecule has 3 rings (SSSR count). The average Bonchev–Trinajstić information content (AvgIpc) is 2.91. The summed E-state index contributed by atoms with van der Waals surface area (Å²) in [6.45, 7) is 1.20. The Hall–Kier alpha value is -2.93. The van der Waals surface area contributed by atoms with Crippen LogP contribution in [-0.2, 0) is 0 Å². The van der Waals surface area contributed by atoms with Gasteiger partial charge in [-0.2, -0.15) is 0 Å². The van der Waals surface area contributed by atoms with Gasteiger partial charge in [-0.25, -0.2) is 4.98 Å². The molecule has 4 N–H and O–H groups in total. The maximum atomic E-state index is 12.3. The largest absolute Gasteiger partial charge is 0.364 e. The first kappa shape index (κ1) is 15.9. The fourth-order valence-corrected chi connectivity index (χ4v) is 2.62. The maximum absolute atomic E-state index is 12.3. The molecule has 0 saturated heterocycles. The minimum Gasteiger partial charge on any atom is -0.364 e. The zero-order valence-electron chi connectivity index (χ0n) is 13.6. The Bertz CT molecular complexity index is 929. The molecule has 2 amide bonds. The Morgan fingerprint density at radius 1 is 1.25 bits per heavy atom. The van der Waals surface area contributed by atoms with E-state index in [1.165, 1.54) is 0 Å². The smallest absolute Gasteiger partial charge is 0.269 e. The van der Waals surface area contributed by atoms with Crippen molar-refractivity contribution in [3.63, 3.8) is 0 Å². The SMILES string of the molecule is CN(C)CCNC(=O)c1cc2c([nH]c3ccccc32)c(C(N)=O)n1. The molecule has 0 atom stereocenters. The van der Waals surface area contributed by atoms with Crippen LogP contribution in [0, 0.1) is 0 Å². The number of primary amides is 1. The molecule has 0 fully saturated rings. The topological polar surface area (TPSA) is 104 Å². The van der Waals surface area contributed by atoms with Crippen molar-refractivity contribution >= 4 is 33.6 Å². The monoisotopic (exact) mass is 325 g/mol. The van der Waals surface area contributed by atoms with E-state index in [0.29, 0.717) is 18.6 Å². The number of carbonyl (C=O) groups is 2. The molecule has 2 heterocycles. The van der Waals surface area contributed by atoms with Crippen molar-refractivity contribution in [3.8, 4) is 0 Å². The molecule has 2 aromatic heterocycles. The molecule has 0 bridgehead atoms. The molecule has 0 spiro atoms. The Morgan fingerprint density at radius 3 is 2.71 bits per heavy atom. The van der Waals surface area contributed by atoms with Crippen molar-refractivity contribution in [3.05, 3.63) is 41.7 Å². The van der Waals surface area contributed by atoms with Gasteiger partial charge in [-0.05, 0) is 26.2 Å². The lowest BCUT2D eigenvalue weighted by Gasteiger charge is -2.10. The van der Waals surface area contributed by atoms with Crippen molar-refractivity contribution in [1.29, 1.82) is 0 Å². The first-order valence-electron chi connectivity index (χ1n) is 7.61. The highest BCUT2D eigenvalue weighted by Crippen LogP contribution is 2.27. The zero-order chi connectivity index (χ0) is 17.3. The van der Waals surface area contributed by atoms with Gasteiger partial charge in [0.25, 0.3) is 11.8 Å². The van der Waals surface area contributed by atoms with E-state index >= 15 is 0 Å². The summed E-state index contributed by atoms with van der Waals surface area (Å²) in [5.74, 6) is -0.999. The van der Waals surface area contributed by atoms with Crippen molar-refractivity contribution in [2.45, 2.75) is 0 Å². The zero-order valence-corrected chi connectivity index (χ0v) is 13.6. The number of nitrogens with zero attached hydrogens (tertiary/aromatic N) is 2. The van der Waals surface area contributed by atoms with E-state index in [1.807, 2.05) is 43.3 Å². The van der Waals surface area contributed by atoms with Crippen LogP contribution in [0.5, 0.6) is 0 Å². The number of rotatable bonds is 5. The van der Waals surface area contributed by atoms with Gasteiger partial charge in [0, 0.05) is 29.4 Å². The summed E-state index contributed by atoms with van der Waals surface area (Å²) in [6.07, 6.45) is 0. The molecule has 0 radical (unpaired) electrons. The van der Waals surface area contributed by atoms with Crippen molar-refractivity contribution in [2.75, 3.05) is 27.2 Å². The fourth-order valence-electron chi connectivity index (χ4n) is 2.62. The maximum Gasteiger partial charge on any atom is 0.269 e. The van der Waals surface area contributed by atoms with E-state index in [2.05, 4.69) is 15.3 Å². The van der Waals surface area contributed by atoms with Gasteiger partial charge in [0.15, 0.2) is 5.69 Å². The molecule has 7 nitrogen and oxygen atoms in total. The highest BCUT2D eigenvalue weighted by Gasteiger charge is 2.18. The van der Waals surface area contributed by atoms with Crippen molar-refractivity contribution in [2.24, 2.45) is 5.73 Å². The van der Waals surface area contributed by atoms with E-state index in [4.69, 9.17) is 5.73 Å². The number of hydrogen-bond donors (Lipinski definition) is 3. The Morgan fingerprint density at radius 2 is 2.00 bits per heavy atom. The molecule has 1 aromatic carbocycles. The minimum atomic E-state index is -0.672. The van der Waals surface area contributed by atoms with Gasteiger partial charge in [-0.15, -0.1) is 0 Å². The third-order valence-electron chi connectivity index (χ3n) is 3.81. The summed E-state index contributed by atoms with van der Waals surface area (Å²) in [5.41, 5.74) is 7.11. The normalized spacial score (nSPS) is 11.3. The van der Waals surface area contributed by atoms with E-state index in [0.717, 1.165) is 16.3 Å². The third kappa shape index (κ3) is 2.93. The van der Waals surface area contributed by atoms with Gasteiger partial charge in [-0.1, -0.05) is 18.2 Å². The first-order chi connectivity index (χ1) is 11.5. The van der Waals surface area contributed by atoms with E-state index < -0.39 is 5.91 Å². The van der Waals surface area contributed by atoms with Gasteiger partial charge in [0.05, 0.1) is 5.52 Å². The predicted octanol–water partition coefficient (Wildman–Crippen LogP) is 1.11. The minimum absolute atomic E-state index is 0.0708. The predicted molar refractivity (Wildman–Crippen MR) is 93.0 cm³/mol. The summed E-state index contributed by atoms with van der Waals surface area (Å²) in [7, 11) is 3.85. The highest BCUT2D eigenvalue weighted by atomic mass is 16.2. The molecule has 7 heteroatoms. The molecule has 0 saturated carbocycles. The molecule has 124 valence electrons. The van der Waals surface area contributed by atoms with Crippen LogP contribution in [0.3, 0.4) is 0 Å². The summed E-state index contributed by atoms with van der Waals surface area (Å²) < 4.78 is 0. The van der Waals surface area contributed by atoms with Crippen LogP contribution in [0.1, 0.15) is 21.0 Å². The molecule has 0 unspecified atom stereocenters. The molecule has 3 aromatic rings. The average molecular weight is 325 g/mol. The Balaban J connectivity index is 2.07. The van der Waals surface area contributed by atoms with Crippen LogP contribution in [-0.4, -0.2) is 53.9 Å². The number of hydrogen-bond acceptors (Lipinski definition) is 4. The lowest BCUT2D eigenvalue weighted by atomic mass is 10.1. The quantitative estimate of drug-likeness (QED) is 0.653. The number of aromatic nitrogens is 2. The molecular weight excluding hydrogens is 306 g/mol. The summed E-state index contributed by atoms with van der Waals surface area (Å²) in [4.78, 5) is 33.4. The van der Waals surface area contributed by atoms with E-state index in [-0.39, 0.29) is 17.3 Å². The number of pyridine rings is 1. The van der Waals surface area contributed by atoms with Crippen LogP contribution < -0.4 is 11.1 Å². The summed E-state index contributed by atoms with van der Waals surface area (Å²) in [5, 5.41) is 4.47. The van der Waals surface area contributed by atoms with Crippen molar-refractivity contribution < 1.29 is 9.59 Å². The van der Waals surface area contributed by atoms with Gasteiger partial charge in [0.2, 0.25) is 0 Å². The number of H-pyrrole nitrogens is 1. The van der Waals surface area contributed by atoms with Crippen molar-refractivity contribution in [1.82, 2.24) is 20.2 Å². The first-order valence-corrected chi connectivity index (χ1v) is 7.61. The number of nitrogens with one attached hydrogen (secondary N) is 2. The van der Waals surface area contributed by atoms with Gasteiger partial charge < -0.3 is 20.9 Å². The standard InChI is InChI=1S/C17H19N5O2/c1-22(2)8-7-19-17(24)13-9-11-10-5-3-4-6-12(10)20-14(11)15(21-13)16(18)23/h3-6,9,20H,7-8H2,1-2H3,(H2,18,23)(H,19,24). The lowest BCUT2D eigenvalue weighted by Crippen LogP contribution is -2.32. The highest BCUT2D eigenvalue weighted by molar-refractivity contribution is 6.15. The van der Waals surface area contributed by atoms with E-state index in [9.17, 15) is 9.59 Å². The summed E-state index contributed by atoms with van der Waals surface area (Å²) in [6, 6.07) is 9.30. The molecule has 0 aliphatic heterocycles. The van der Waals surface area contributed by atoms with Crippen LogP contribution in [0.15, 0.2) is 30.3 Å². The molecule has 0 aliphatic rings.